The normalized spacial score (nSPS) is 20.8. The van der Waals surface area contributed by atoms with Crippen LogP contribution in [0.4, 0.5) is 5.69 Å². The van der Waals surface area contributed by atoms with Gasteiger partial charge in [0.1, 0.15) is 10.6 Å². The topological polar surface area (TPSA) is 81.9 Å². The van der Waals surface area contributed by atoms with E-state index in [1.54, 1.807) is 13.2 Å². The average molecular weight is 300 g/mol. The molecule has 6 nitrogen and oxygen atoms in total. The molecule has 0 radical (unpaired) electrons. The van der Waals surface area contributed by atoms with Gasteiger partial charge >= 0.3 is 0 Å². The third-order valence-corrected chi connectivity index (χ3v) is 5.38. The van der Waals surface area contributed by atoms with Crippen LogP contribution in [-0.2, 0) is 14.8 Å². The zero-order chi connectivity index (χ0) is 14.8. The maximum absolute atomic E-state index is 12.7. The summed E-state index contributed by atoms with van der Waals surface area (Å²) in [5.41, 5.74) is 6.13. The fourth-order valence-corrected chi connectivity index (χ4v) is 4.00. The first kappa shape index (κ1) is 15.1. The second-order valence-electron chi connectivity index (χ2n) is 4.77. The fraction of sp³-hybridized carbons (Fsp3) is 0.538. The largest absolute Gasteiger partial charge is 0.495 e. The lowest BCUT2D eigenvalue weighted by Crippen LogP contribution is -2.42. The number of sulfonamides is 1. The van der Waals surface area contributed by atoms with Gasteiger partial charge < -0.3 is 15.2 Å². The van der Waals surface area contributed by atoms with Crippen molar-refractivity contribution in [2.75, 3.05) is 33.0 Å². The predicted octanol–water partition coefficient (Wildman–Crippen LogP) is 1.08. The summed E-state index contributed by atoms with van der Waals surface area (Å²) in [7, 11) is -0.558. The molecule has 1 aliphatic heterocycles. The van der Waals surface area contributed by atoms with Crippen molar-refractivity contribution in [1.29, 1.82) is 0 Å². The third kappa shape index (κ3) is 2.89. The van der Waals surface area contributed by atoms with E-state index in [-0.39, 0.29) is 16.7 Å². The van der Waals surface area contributed by atoms with Gasteiger partial charge in [-0.2, -0.15) is 4.31 Å². The molecule has 7 heteroatoms. The minimum Gasteiger partial charge on any atom is -0.495 e. The first-order chi connectivity index (χ1) is 9.48. The Morgan fingerprint density at radius 2 is 2.10 bits per heavy atom. The molecule has 1 heterocycles. The van der Waals surface area contributed by atoms with E-state index in [1.165, 1.54) is 23.5 Å². The Morgan fingerprint density at radius 3 is 2.75 bits per heavy atom. The van der Waals surface area contributed by atoms with Crippen LogP contribution in [0.3, 0.4) is 0 Å². The molecule has 0 spiro atoms. The molecule has 1 fully saturated rings. The molecular formula is C13H20N2O4S. The SMILES string of the molecule is COc1cc(N)ccc1S(=O)(=O)N1CCCC(OC)C1. The second kappa shape index (κ2) is 5.99. The Balaban J connectivity index is 2.35. The van der Waals surface area contributed by atoms with Crippen molar-refractivity contribution in [3.8, 4) is 5.75 Å². The van der Waals surface area contributed by atoms with Crippen LogP contribution in [0.25, 0.3) is 0 Å². The van der Waals surface area contributed by atoms with Gasteiger partial charge in [-0.15, -0.1) is 0 Å². The quantitative estimate of drug-likeness (QED) is 0.841. The molecule has 0 bridgehead atoms. The summed E-state index contributed by atoms with van der Waals surface area (Å²) in [5, 5.41) is 0. The minimum atomic E-state index is -3.59. The van der Waals surface area contributed by atoms with Crippen molar-refractivity contribution in [3.63, 3.8) is 0 Å². The maximum atomic E-state index is 12.7. The van der Waals surface area contributed by atoms with Gasteiger partial charge in [-0.05, 0) is 25.0 Å². The van der Waals surface area contributed by atoms with E-state index in [1.807, 2.05) is 0 Å². The van der Waals surface area contributed by atoms with Crippen molar-refractivity contribution in [1.82, 2.24) is 4.31 Å². The molecular weight excluding hydrogens is 280 g/mol. The Labute approximate surface area is 119 Å². The lowest BCUT2D eigenvalue weighted by molar-refractivity contribution is 0.0571. The number of nitrogens with two attached hydrogens (primary N) is 1. The van der Waals surface area contributed by atoms with Crippen LogP contribution < -0.4 is 10.5 Å². The maximum Gasteiger partial charge on any atom is 0.246 e. The number of anilines is 1. The van der Waals surface area contributed by atoms with Crippen molar-refractivity contribution in [3.05, 3.63) is 18.2 Å². The van der Waals surface area contributed by atoms with Gasteiger partial charge in [0.05, 0.1) is 13.2 Å². The second-order valence-corrected chi connectivity index (χ2v) is 6.68. The number of nitrogens with zero attached hydrogens (tertiary/aromatic N) is 1. The number of rotatable bonds is 4. The number of hydrogen-bond donors (Lipinski definition) is 1. The van der Waals surface area contributed by atoms with Gasteiger partial charge in [-0.1, -0.05) is 0 Å². The van der Waals surface area contributed by atoms with Crippen molar-refractivity contribution in [2.45, 2.75) is 23.8 Å². The molecule has 2 N–H and O–H groups in total. The lowest BCUT2D eigenvalue weighted by atomic mass is 10.1. The molecule has 1 aliphatic rings. The van der Waals surface area contributed by atoms with Crippen LogP contribution in [0.1, 0.15) is 12.8 Å². The number of ether oxygens (including phenoxy) is 2. The van der Waals surface area contributed by atoms with Crippen molar-refractivity contribution in [2.24, 2.45) is 0 Å². The average Bonchev–Trinajstić information content (AvgIpc) is 2.46. The van der Waals surface area contributed by atoms with Gasteiger partial charge in [0, 0.05) is 32.0 Å². The number of piperidine rings is 1. The van der Waals surface area contributed by atoms with E-state index in [2.05, 4.69) is 0 Å². The molecule has 2 rings (SSSR count). The number of methoxy groups -OCH3 is 2. The van der Waals surface area contributed by atoms with E-state index in [4.69, 9.17) is 15.2 Å². The molecule has 1 unspecified atom stereocenters. The highest BCUT2D eigenvalue weighted by Gasteiger charge is 2.32. The van der Waals surface area contributed by atoms with Crippen molar-refractivity contribution < 1.29 is 17.9 Å². The highest BCUT2D eigenvalue weighted by Crippen LogP contribution is 2.30. The smallest absolute Gasteiger partial charge is 0.246 e. The molecule has 20 heavy (non-hydrogen) atoms. The minimum absolute atomic E-state index is 0.0571. The Kier molecular flexibility index (Phi) is 4.52. The molecule has 1 aromatic carbocycles. The first-order valence-corrected chi connectivity index (χ1v) is 7.89. The van der Waals surface area contributed by atoms with Gasteiger partial charge in [-0.3, -0.25) is 0 Å². The molecule has 1 saturated heterocycles. The highest BCUT2D eigenvalue weighted by atomic mass is 32.2. The number of benzene rings is 1. The van der Waals surface area contributed by atoms with Gasteiger partial charge in [0.2, 0.25) is 10.0 Å². The third-order valence-electron chi connectivity index (χ3n) is 3.48. The summed E-state index contributed by atoms with van der Waals surface area (Å²) in [6, 6.07) is 4.57. The number of hydrogen-bond acceptors (Lipinski definition) is 5. The summed E-state index contributed by atoms with van der Waals surface area (Å²) >= 11 is 0. The van der Waals surface area contributed by atoms with E-state index in [9.17, 15) is 8.42 Å². The van der Waals surface area contributed by atoms with Crippen LogP contribution in [0.2, 0.25) is 0 Å². The van der Waals surface area contributed by atoms with Crippen LogP contribution in [0.5, 0.6) is 5.75 Å². The van der Waals surface area contributed by atoms with Crippen LogP contribution in [0, 0.1) is 0 Å². The monoisotopic (exact) mass is 300 g/mol. The highest BCUT2D eigenvalue weighted by molar-refractivity contribution is 7.89. The fourth-order valence-electron chi connectivity index (χ4n) is 2.35. The predicted molar refractivity (Wildman–Crippen MR) is 76.2 cm³/mol. The molecule has 0 amide bonds. The van der Waals surface area contributed by atoms with Gasteiger partial charge in [-0.25, -0.2) is 8.42 Å². The summed E-state index contributed by atoms with van der Waals surface area (Å²) in [6.07, 6.45) is 1.61. The molecule has 112 valence electrons. The molecule has 1 atom stereocenters. The van der Waals surface area contributed by atoms with E-state index >= 15 is 0 Å². The zero-order valence-corrected chi connectivity index (χ0v) is 12.5. The molecule has 0 aromatic heterocycles. The standard InChI is InChI=1S/C13H20N2O4S/c1-18-11-4-3-7-15(9-11)20(16,17)13-6-5-10(14)8-12(13)19-2/h5-6,8,11H,3-4,7,9,14H2,1-2H3. The summed E-state index contributed by atoms with van der Waals surface area (Å²) in [6.45, 7) is 0.863. The van der Waals surface area contributed by atoms with Gasteiger partial charge in [0.15, 0.2) is 0 Å². The summed E-state index contributed by atoms with van der Waals surface area (Å²) in [5.74, 6) is 0.268. The Bertz CT molecular complexity index is 574. The Morgan fingerprint density at radius 1 is 1.35 bits per heavy atom. The molecule has 1 aromatic rings. The first-order valence-electron chi connectivity index (χ1n) is 6.45. The van der Waals surface area contributed by atoms with E-state index < -0.39 is 10.0 Å². The van der Waals surface area contributed by atoms with Crippen LogP contribution in [0.15, 0.2) is 23.1 Å². The van der Waals surface area contributed by atoms with Crippen LogP contribution in [-0.4, -0.2) is 46.1 Å². The van der Waals surface area contributed by atoms with Gasteiger partial charge in [0.25, 0.3) is 0 Å². The number of nitrogen functional groups attached to an aromatic ring is 1. The summed E-state index contributed by atoms with van der Waals surface area (Å²) < 4.78 is 37.2. The van der Waals surface area contributed by atoms with E-state index in [0.717, 1.165) is 12.8 Å². The Hall–Kier alpha value is -1.31. The lowest BCUT2D eigenvalue weighted by Gasteiger charge is -2.31. The molecule has 0 aliphatic carbocycles. The van der Waals surface area contributed by atoms with Crippen LogP contribution >= 0.6 is 0 Å². The van der Waals surface area contributed by atoms with Crippen molar-refractivity contribution >= 4 is 15.7 Å². The zero-order valence-electron chi connectivity index (χ0n) is 11.7. The van der Waals surface area contributed by atoms with E-state index in [0.29, 0.717) is 18.8 Å². The molecule has 0 saturated carbocycles. The summed E-state index contributed by atoms with van der Waals surface area (Å²) in [4.78, 5) is 0.144.